The van der Waals surface area contributed by atoms with E-state index in [1.807, 2.05) is 50.1 Å². The van der Waals surface area contributed by atoms with E-state index in [2.05, 4.69) is 0 Å². The van der Waals surface area contributed by atoms with Gasteiger partial charge in [-0.05, 0) is 23.3 Å². The Labute approximate surface area is 173 Å². The molecule has 0 N–H and O–H groups in total. The number of ketones is 1. The zero-order valence-corrected chi connectivity index (χ0v) is 16.9. The minimum absolute atomic E-state index is 0.174. The number of halogens is 3. The fraction of sp³-hybridized carbons (Fsp3) is 0.304. The van der Waals surface area contributed by atoms with E-state index in [1.54, 1.807) is 0 Å². The van der Waals surface area contributed by atoms with Gasteiger partial charge in [0.15, 0.2) is 12.4 Å². The molecule has 4 nitrogen and oxygen atoms in total. The van der Waals surface area contributed by atoms with Crippen LogP contribution in [0.15, 0.2) is 60.3 Å². The number of anilines is 1. The van der Waals surface area contributed by atoms with Gasteiger partial charge in [-0.25, -0.2) is 0 Å². The van der Waals surface area contributed by atoms with Gasteiger partial charge in [0.05, 0.1) is 12.0 Å². The van der Waals surface area contributed by atoms with Gasteiger partial charge < -0.3 is 9.64 Å². The summed E-state index contributed by atoms with van der Waals surface area (Å²) in [5.41, 5.74) is 1.83. The molecule has 7 heteroatoms. The van der Waals surface area contributed by atoms with Gasteiger partial charge >= 0.3 is 12.1 Å². The molecule has 0 aliphatic carbocycles. The lowest BCUT2D eigenvalue weighted by atomic mass is 9.83. The average Bonchev–Trinajstić information content (AvgIpc) is 2.87. The smallest absolute Gasteiger partial charge is 0.416 e. The first-order chi connectivity index (χ1) is 14.0. The van der Waals surface area contributed by atoms with E-state index in [0.29, 0.717) is 0 Å². The highest BCUT2D eigenvalue weighted by molar-refractivity contribution is 5.94. The van der Waals surface area contributed by atoms with E-state index in [4.69, 9.17) is 4.74 Å². The largest absolute Gasteiger partial charge is 0.457 e. The summed E-state index contributed by atoms with van der Waals surface area (Å²) in [4.78, 5) is 26.3. The molecule has 0 saturated carbocycles. The number of likely N-dealkylation sites (N-methyl/N-ethyl adjacent to an activating group) is 1. The highest BCUT2D eigenvalue weighted by Gasteiger charge is 2.38. The van der Waals surface area contributed by atoms with Crippen LogP contribution in [0.4, 0.5) is 18.9 Å². The first-order valence-corrected chi connectivity index (χ1v) is 9.40. The second-order valence-corrected chi connectivity index (χ2v) is 7.73. The normalized spacial score (nSPS) is 16.5. The summed E-state index contributed by atoms with van der Waals surface area (Å²) in [5.74, 6) is -1.15. The topological polar surface area (TPSA) is 46.6 Å². The Balaban J connectivity index is 1.63. The molecule has 1 heterocycles. The van der Waals surface area contributed by atoms with Crippen LogP contribution in [0.5, 0.6) is 0 Å². The number of fused-ring (bicyclic) bond motifs is 1. The zero-order chi connectivity index (χ0) is 22.1. The lowest BCUT2D eigenvalue weighted by Crippen LogP contribution is -2.25. The van der Waals surface area contributed by atoms with Gasteiger partial charge in [0, 0.05) is 29.9 Å². The van der Waals surface area contributed by atoms with Crippen molar-refractivity contribution in [1.29, 1.82) is 0 Å². The number of ether oxygens (including phenoxy) is 1. The van der Waals surface area contributed by atoms with Crippen LogP contribution < -0.4 is 4.90 Å². The number of rotatable bonds is 5. The molecule has 0 atom stereocenters. The summed E-state index contributed by atoms with van der Waals surface area (Å²) >= 11 is 0. The first-order valence-electron chi connectivity index (χ1n) is 9.40. The third kappa shape index (κ3) is 4.40. The van der Waals surface area contributed by atoms with E-state index in [9.17, 15) is 22.8 Å². The standard InChI is InChI=1S/C23H22F3NO3/c1-22(2)18-9-4-5-10-19(18)27(3)20(22)13-17(28)14-30-21(29)12-15-7-6-8-16(11-15)23(24,25)26/h4-11,13H,12,14H2,1-3H3. The second kappa shape index (κ2) is 7.97. The van der Waals surface area contributed by atoms with Crippen LogP contribution in [0.25, 0.3) is 0 Å². The predicted octanol–water partition coefficient (Wildman–Crippen LogP) is 4.67. The third-order valence-corrected chi connectivity index (χ3v) is 5.22. The number of allylic oxidation sites excluding steroid dienone is 1. The zero-order valence-electron chi connectivity index (χ0n) is 16.9. The summed E-state index contributed by atoms with van der Waals surface area (Å²) in [7, 11) is 1.87. The molecule has 0 spiro atoms. The van der Waals surface area contributed by atoms with Crippen molar-refractivity contribution in [2.45, 2.75) is 31.9 Å². The Kier molecular flexibility index (Phi) is 5.74. The number of benzene rings is 2. The molecule has 158 valence electrons. The number of alkyl halides is 3. The van der Waals surface area contributed by atoms with Gasteiger partial charge in [-0.3, -0.25) is 9.59 Å². The van der Waals surface area contributed by atoms with E-state index in [1.165, 1.54) is 18.2 Å². The maximum Gasteiger partial charge on any atom is 0.416 e. The fourth-order valence-electron chi connectivity index (χ4n) is 3.68. The molecule has 0 fully saturated rings. The minimum Gasteiger partial charge on any atom is -0.457 e. The second-order valence-electron chi connectivity index (χ2n) is 7.73. The van der Waals surface area contributed by atoms with E-state index in [-0.39, 0.29) is 17.4 Å². The number of para-hydroxylation sites is 1. The Morgan fingerprint density at radius 1 is 1.10 bits per heavy atom. The fourth-order valence-corrected chi connectivity index (χ4v) is 3.68. The predicted molar refractivity (Wildman–Crippen MR) is 107 cm³/mol. The molecule has 0 unspecified atom stereocenters. The monoisotopic (exact) mass is 417 g/mol. The van der Waals surface area contributed by atoms with Gasteiger partial charge in [0.1, 0.15) is 0 Å². The SMILES string of the molecule is CN1C(=CC(=O)COC(=O)Cc2cccc(C(F)(F)F)c2)C(C)(C)c2ccccc21. The summed E-state index contributed by atoms with van der Waals surface area (Å²) < 4.78 is 43.3. The van der Waals surface area contributed by atoms with Crippen molar-refractivity contribution < 1.29 is 27.5 Å². The maximum absolute atomic E-state index is 12.8. The van der Waals surface area contributed by atoms with Crippen LogP contribution in [0.3, 0.4) is 0 Å². The molecule has 3 rings (SSSR count). The van der Waals surface area contributed by atoms with Gasteiger partial charge in [-0.15, -0.1) is 0 Å². The molecule has 0 amide bonds. The van der Waals surface area contributed by atoms with Crippen molar-refractivity contribution in [1.82, 2.24) is 0 Å². The molecular weight excluding hydrogens is 395 g/mol. The highest BCUT2D eigenvalue weighted by atomic mass is 19.4. The summed E-state index contributed by atoms with van der Waals surface area (Å²) in [6, 6.07) is 12.3. The van der Waals surface area contributed by atoms with Crippen molar-refractivity contribution in [3.05, 3.63) is 77.0 Å². The van der Waals surface area contributed by atoms with Gasteiger partial charge in [0.2, 0.25) is 0 Å². The van der Waals surface area contributed by atoms with Crippen LogP contribution in [-0.2, 0) is 32.3 Å². The molecule has 0 bridgehead atoms. The quantitative estimate of drug-likeness (QED) is 0.524. The number of hydrogen-bond donors (Lipinski definition) is 0. The lowest BCUT2D eigenvalue weighted by Gasteiger charge is -2.23. The van der Waals surface area contributed by atoms with Crippen molar-refractivity contribution in [3.63, 3.8) is 0 Å². The maximum atomic E-state index is 12.8. The Hall–Kier alpha value is -3.09. The van der Waals surface area contributed by atoms with Crippen molar-refractivity contribution >= 4 is 17.4 Å². The molecule has 0 saturated heterocycles. The van der Waals surface area contributed by atoms with Crippen LogP contribution >= 0.6 is 0 Å². The van der Waals surface area contributed by atoms with Crippen LogP contribution in [0, 0.1) is 0 Å². The Morgan fingerprint density at radius 2 is 1.80 bits per heavy atom. The average molecular weight is 417 g/mol. The molecule has 30 heavy (non-hydrogen) atoms. The molecule has 1 aliphatic rings. The van der Waals surface area contributed by atoms with Crippen LogP contribution in [0.1, 0.15) is 30.5 Å². The molecule has 2 aromatic rings. The van der Waals surface area contributed by atoms with Crippen LogP contribution in [-0.4, -0.2) is 25.4 Å². The minimum atomic E-state index is -4.49. The van der Waals surface area contributed by atoms with E-state index in [0.717, 1.165) is 29.1 Å². The van der Waals surface area contributed by atoms with E-state index >= 15 is 0 Å². The summed E-state index contributed by atoms with van der Waals surface area (Å²) in [6.07, 6.45) is -3.37. The number of nitrogens with zero attached hydrogens (tertiary/aromatic N) is 1. The van der Waals surface area contributed by atoms with E-state index < -0.39 is 30.1 Å². The molecule has 0 radical (unpaired) electrons. The van der Waals surface area contributed by atoms with Gasteiger partial charge in [-0.2, -0.15) is 13.2 Å². The summed E-state index contributed by atoms with van der Waals surface area (Å²) in [5, 5.41) is 0. The van der Waals surface area contributed by atoms with Crippen LogP contribution in [0.2, 0.25) is 0 Å². The Bertz CT molecular complexity index is 1010. The number of hydrogen-bond acceptors (Lipinski definition) is 4. The molecule has 1 aliphatic heterocycles. The Morgan fingerprint density at radius 3 is 2.47 bits per heavy atom. The number of esters is 1. The summed E-state index contributed by atoms with van der Waals surface area (Å²) in [6.45, 7) is 3.55. The lowest BCUT2D eigenvalue weighted by molar-refractivity contribution is -0.146. The van der Waals surface area contributed by atoms with Crippen molar-refractivity contribution in [2.24, 2.45) is 0 Å². The molecular formula is C23H22F3NO3. The molecule has 0 aromatic heterocycles. The first kappa shape index (κ1) is 21.6. The van der Waals surface area contributed by atoms with Crippen molar-refractivity contribution in [2.75, 3.05) is 18.6 Å². The van der Waals surface area contributed by atoms with Gasteiger partial charge in [0.25, 0.3) is 0 Å². The van der Waals surface area contributed by atoms with Crippen molar-refractivity contribution in [3.8, 4) is 0 Å². The third-order valence-electron chi connectivity index (χ3n) is 5.22. The van der Waals surface area contributed by atoms with Gasteiger partial charge in [-0.1, -0.05) is 50.2 Å². The number of carbonyl (C=O) groups is 2. The number of carbonyl (C=O) groups excluding carboxylic acids is 2. The molecule has 2 aromatic carbocycles. The highest BCUT2D eigenvalue weighted by Crippen LogP contribution is 2.46.